The molecule has 0 unspecified atom stereocenters. The van der Waals surface area contributed by atoms with Crippen molar-refractivity contribution in [3.63, 3.8) is 0 Å². The van der Waals surface area contributed by atoms with Crippen LogP contribution in [0.25, 0.3) is 0 Å². The van der Waals surface area contributed by atoms with Gasteiger partial charge in [0, 0.05) is 5.02 Å². The molecule has 0 amide bonds. The second-order valence-corrected chi connectivity index (χ2v) is 7.50. The van der Waals surface area contributed by atoms with E-state index in [4.69, 9.17) is 44.3 Å². The summed E-state index contributed by atoms with van der Waals surface area (Å²) in [5.74, 6) is 1.22. The molecule has 0 spiro atoms. The topological polar surface area (TPSA) is 42.8 Å². The number of ether oxygens (including phenoxy) is 2. The Morgan fingerprint density at radius 1 is 0.897 bits per heavy atom. The van der Waals surface area contributed by atoms with E-state index in [1.807, 2.05) is 49.4 Å². The Labute approximate surface area is 185 Å². The monoisotopic (exact) mass is 448 g/mol. The first-order valence-electron chi connectivity index (χ1n) is 8.76. The van der Waals surface area contributed by atoms with Crippen molar-refractivity contribution in [2.45, 2.75) is 13.5 Å². The van der Waals surface area contributed by atoms with Crippen LogP contribution >= 0.6 is 34.8 Å². The Morgan fingerprint density at radius 3 is 2.45 bits per heavy atom. The van der Waals surface area contributed by atoms with Gasteiger partial charge in [-0.1, -0.05) is 46.9 Å². The standard InChI is InChI=1S/C22H19Cl3N2O2/c1-14-3-6-17(11-19(14)24)27-26-12-15-5-8-21(22(10-15)28-2)29-13-16-4-7-18(23)20(25)9-16/h3-12,27H,13H2,1-2H3/b26-12+. The van der Waals surface area contributed by atoms with Crippen molar-refractivity contribution in [1.29, 1.82) is 0 Å². The molecule has 7 heteroatoms. The smallest absolute Gasteiger partial charge is 0.161 e. The van der Waals surface area contributed by atoms with Crippen LogP contribution in [-0.2, 0) is 6.61 Å². The number of halogens is 3. The van der Waals surface area contributed by atoms with E-state index in [0.717, 1.165) is 22.4 Å². The average molecular weight is 450 g/mol. The summed E-state index contributed by atoms with van der Waals surface area (Å²) in [6.45, 7) is 2.29. The summed E-state index contributed by atoms with van der Waals surface area (Å²) in [5.41, 5.74) is 6.55. The molecule has 4 nitrogen and oxygen atoms in total. The van der Waals surface area contributed by atoms with Gasteiger partial charge in [0.25, 0.3) is 0 Å². The fourth-order valence-electron chi connectivity index (χ4n) is 2.52. The number of methoxy groups -OCH3 is 1. The van der Waals surface area contributed by atoms with Gasteiger partial charge in [-0.05, 0) is 66.1 Å². The predicted molar refractivity (Wildman–Crippen MR) is 121 cm³/mol. The largest absolute Gasteiger partial charge is 0.493 e. The highest BCUT2D eigenvalue weighted by Crippen LogP contribution is 2.29. The Balaban J connectivity index is 1.65. The van der Waals surface area contributed by atoms with Crippen molar-refractivity contribution in [1.82, 2.24) is 0 Å². The second-order valence-electron chi connectivity index (χ2n) is 6.28. The molecule has 0 radical (unpaired) electrons. The fraction of sp³-hybridized carbons (Fsp3) is 0.136. The van der Waals surface area contributed by atoms with E-state index in [1.165, 1.54) is 0 Å². The molecule has 0 aliphatic heterocycles. The number of nitrogens with one attached hydrogen (secondary N) is 1. The number of anilines is 1. The molecular formula is C22H19Cl3N2O2. The van der Waals surface area contributed by atoms with Crippen LogP contribution in [0.3, 0.4) is 0 Å². The average Bonchev–Trinajstić information content (AvgIpc) is 2.72. The van der Waals surface area contributed by atoms with Gasteiger partial charge in [0.1, 0.15) is 6.61 Å². The summed E-state index contributed by atoms with van der Waals surface area (Å²) < 4.78 is 11.3. The van der Waals surface area contributed by atoms with E-state index in [0.29, 0.717) is 33.2 Å². The highest BCUT2D eigenvalue weighted by molar-refractivity contribution is 6.42. The minimum Gasteiger partial charge on any atom is -0.493 e. The van der Waals surface area contributed by atoms with Crippen LogP contribution in [0.15, 0.2) is 59.7 Å². The summed E-state index contributed by atoms with van der Waals surface area (Å²) in [4.78, 5) is 0. The van der Waals surface area contributed by atoms with Crippen LogP contribution in [0.1, 0.15) is 16.7 Å². The van der Waals surface area contributed by atoms with Crippen molar-refractivity contribution < 1.29 is 9.47 Å². The lowest BCUT2D eigenvalue weighted by molar-refractivity contribution is 0.284. The molecule has 0 fully saturated rings. The van der Waals surface area contributed by atoms with Gasteiger partial charge >= 0.3 is 0 Å². The van der Waals surface area contributed by atoms with Gasteiger partial charge < -0.3 is 9.47 Å². The van der Waals surface area contributed by atoms with E-state index in [1.54, 1.807) is 25.5 Å². The number of hydrazone groups is 1. The molecule has 0 bridgehead atoms. The molecule has 0 aromatic heterocycles. The predicted octanol–water partition coefficient (Wildman–Crippen LogP) is 6.99. The van der Waals surface area contributed by atoms with Crippen LogP contribution in [0.4, 0.5) is 5.69 Å². The Morgan fingerprint density at radius 2 is 1.72 bits per heavy atom. The molecule has 0 aliphatic rings. The first-order valence-corrected chi connectivity index (χ1v) is 9.89. The highest BCUT2D eigenvalue weighted by Gasteiger charge is 2.07. The number of hydrogen-bond donors (Lipinski definition) is 1. The van der Waals surface area contributed by atoms with Crippen molar-refractivity contribution in [3.8, 4) is 11.5 Å². The van der Waals surface area contributed by atoms with Crippen LogP contribution < -0.4 is 14.9 Å². The SMILES string of the molecule is COc1cc(/C=N/Nc2ccc(C)c(Cl)c2)ccc1OCc1ccc(Cl)c(Cl)c1. The number of aryl methyl sites for hydroxylation is 1. The van der Waals surface area contributed by atoms with Gasteiger partial charge in [-0.3, -0.25) is 5.43 Å². The molecule has 0 atom stereocenters. The first-order chi connectivity index (χ1) is 14.0. The number of nitrogens with zero attached hydrogens (tertiary/aromatic N) is 1. The van der Waals surface area contributed by atoms with Gasteiger partial charge in [-0.25, -0.2) is 0 Å². The molecule has 1 N–H and O–H groups in total. The van der Waals surface area contributed by atoms with E-state index >= 15 is 0 Å². The molecule has 0 heterocycles. The second kappa shape index (κ2) is 9.88. The summed E-state index contributed by atoms with van der Waals surface area (Å²) in [6, 6.07) is 16.6. The molecule has 3 rings (SSSR count). The van der Waals surface area contributed by atoms with Crippen molar-refractivity contribution in [2.75, 3.05) is 12.5 Å². The van der Waals surface area contributed by atoms with Gasteiger partial charge in [-0.15, -0.1) is 0 Å². The zero-order valence-corrected chi connectivity index (χ0v) is 18.1. The van der Waals surface area contributed by atoms with E-state index in [2.05, 4.69) is 10.5 Å². The van der Waals surface area contributed by atoms with Gasteiger partial charge in [-0.2, -0.15) is 5.10 Å². The normalized spacial score (nSPS) is 10.9. The summed E-state index contributed by atoms with van der Waals surface area (Å²) in [7, 11) is 1.59. The lowest BCUT2D eigenvalue weighted by atomic mass is 10.2. The van der Waals surface area contributed by atoms with Crippen LogP contribution in [0.2, 0.25) is 15.1 Å². The van der Waals surface area contributed by atoms with Crippen molar-refractivity contribution >= 4 is 46.7 Å². The summed E-state index contributed by atoms with van der Waals surface area (Å²) >= 11 is 18.1. The van der Waals surface area contributed by atoms with E-state index < -0.39 is 0 Å². The van der Waals surface area contributed by atoms with Crippen LogP contribution in [-0.4, -0.2) is 13.3 Å². The molecular weight excluding hydrogens is 431 g/mol. The van der Waals surface area contributed by atoms with Crippen LogP contribution in [0, 0.1) is 6.92 Å². The lowest BCUT2D eigenvalue weighted by Crippen LogP contribution is -1.99. The minimum atomic E-state index is 0.344. The maximum absolute atomic E-state index is 6.12. The Hall–Kier alpha value is -2.40. The molecule has 150 valence electrons. The molecule has 29 heavy (non-hydrogen) atoms. The lowest BCUT2D eigenvalue weighted by Gasteiger charge is -2.12. The van der Waals surface area contributed by atoms with E-state index in [9.17, 15) is 0 Å². The number of rotatable bonds is 7. The zero-order valence-electron chi connectivity index (χ0n) is 15.9. The van der Waals surface area contributed by atoms with Gasteiger partial charge in [0.05, 0.1) is 29.1 Å². The third-order valence-corrected chi connectivity index (χ3v) is 5.29. The van der Waals surface area contributed by atoms with Gasteiger partial charge in [0.2, 0.25) is 0 Å². The molecule has 0 saturated carbocycles. The molecule has 0 aliphatic carbocycles. The van der Waals surface area contributed by atoms with Gasteiger partial charge in [0.15, 0.2) is 11.5 Å². The number of benzene rings is 3. The number of hydrogen-bond acceptors (Lipinski definition) is 4. The highest BCUT2D eigenvalue weighted by atomic mass is 35.5. The Bertz CT molecular complexity index is 1040. The van der Waals surface area contributed by atoms with Crippen LogP contribution in [0.5, 0.6) is 11.5 Å². The van der Waals surface area contributed by atoms with Crippen molar-refractivity contribution in [2.24, 2.45) is 5.10 Å². The maximum atomic E-state index is 6.12. The molecule has 3 aromatic rings. The molecule has 3 aromatic carbocycles. The quantitative estimate of drug-likeness (QED) is 0.312. The van der Waals surface area contributed by atoms with E-state index in [-0.39, 0.29) is 0 Å². The third kappa shape index (κ3) is 5.80. The summed E-state index contributed by atoms with van der Waals surface area (Å²) in [6.07, 6.45) is 1.69. The molecule has 0 saturated heterocycles. The maximum Gasteiger partial charge on any atom is 0.161 e. The Kier molecular flexibility index (Phi) is 7.26. The van der Waals surface area contributed by atoms with Crippen molar-refractivity contribution in [3.05, 3.63) is 86.4 Å². The first kappa shape index (κ1) is 21.3. The summed E-state index contributed by atoms with van der Waals surface area (Å²) in [5, 5.41) is 5.94. The zero-order chi connectivity index (χ0) is 20.8. The fourth-order valence-corrected chi connectivity index (χ4v) is 3.02. The minimum absolute atomic E-state index is 0.344. The third-order valence-electron chi connectivity index (χ3n) is 4.15.